The number of aromatic nitrogens is 4. The van der Waals surface area contributed by atoms with Crippen LogP contribution < -0.4 is 0 Å². The number of morpholine rings is 1. The van der Waals surface area contributed by atoms with Gasteiger partial charge in [0.25, 0.3) is 0 Å². The summed E-state index contributed by atoms with van der Waals surface area (Å²) in [5.41, 5.74) is 4.15. The number of H-pyrrole nitrogens is 1. The first-order valence-electron chi connectivity index (χ1n) is 7.98. The molecule has 0 aromatic carbocycles. The minimum Gasteiger partial charge on any atom is -0.369 e. The van der Waals surface area contributed by atoms with E-state index in [9.17, 15) is 0 Å². The Morgan fingerprint density at radius 1 is 1.33 bits per heavy atom. The van der Waals surface area contributed by atoms with E-state index >= 15 is 0 Å². The summed E-state index contributed by atoms with van der Waals surface area (Å²) in [6.07, 6.45) is 5.51. The van der Waals surface area contributed by atoms with E-state index in [4.69, 9.17) is 4.74 Å². The molecule has 3 aromatic heterocycles. The molecule has 0 radical (unpaired) electrons. The van der Waals surface area contributed by atoms with Crippen LogP contribution >= 0.6 is 11.3 Å². The zero-order valence-corrected chi connectivity index (χ0v) is 14.3. The van der Waals surface area contributed by atoms with E-state index in [2.05, 4.69) is 42.6 Å². The Morgan fingerprint density at radius 3 is 3.08 bits per heavy atom. The van der Waals surface area contributed by atoms with Crippen molar-refractivity contribution in [3.63, 3.8) is 0 Å². The minimum atomic E-state index is -0.0241. The van der Waals surface area contributed by atoms with Crippen LogP contribution in [0.3, 0.4) is 0 Å². The van der Waals surface area contributed by atoms with Crippen LogP contribution in [-0.2, 0) is 11.3 Å². The summed E-state index contributed by atoms with van der Waals surface area (Å²) in [5.74, 6) is 0. The van der Waals surface area contributed by atoms with Crippen molar-refractivity contribution < 1.29 is 4.74 Å². The molecule has 0 aliphatic carbocycles. The van der Waals surface area contributed by atoms with Gasteiger partial charge in [-0.25, -0.2) is 0 Å². The average Bonchev–Trinajstić information content (AvgIpc) is 3.27. The molecule has 6 nitrogen and oxygen atoms in total. The lowest BCUT2D eigenvalue weighted by Crippen LogP contribution is -2.38. The number of ether oxygens (including phenoxy) is 1. The van der Waals surface area contributed by atoms with E-state index in [1.165, 1.54) is 10.4 Å². The summed E-state index contributed by atoms with van der Waals surface area (Å²) >= 11 is 1.72. The largest absolute Gasteiger partial charge is 0.369 e. The fourth-order valence-electron chi connectivity index (χ4n) is 2.90. The molecule has 0 amide bonds. The first-order valence-corrected chi connectivity index (χ1v) is 8.86. The number of aryl methyl sites for hydroxylation is 1. The van der Waals surface area contributed by atoms with Crippen molar-refractivity contribution in [1.82, 2.24) is 25.1 Å². The monoisotopic (exact) mass is 341 g/mol. The summed E-state index contributed by atoms with van der Waals surface area (Å²) < 4.78 is 5.89. The predicted octanol–water partition coefficient (Wildman–Crippen LogP) is 2.81. The Balaban J connectivity index is 1.48. The highest BCUT2D eigenvalue weighted by molar-refractivity contribution is 7.13. The van der Waals surface area contributed by atoms with Gasteiger partial charge in [-0.15, -0.1) is 11.3 Å². The Morgan fingerprint density at radius 2 is 2.29 bits per heavy atom. The molecule has 1 aliphatic rings. The van der Waals surface area contributed by atoms with E-state index in [1.807, 2.05) is 19.3 Å². The van der Waals surface area contributed by atoms with Crippen LogP contribution in [0.25, 0.3) is 10.6 Å². The quantitative estimate of drug-likeness (QED) is 0.790. The molecule has 0 spiro atoms. The normalized spacial score (nSPS) is 18.8. The summed E-state index contributed by atoms with van der Waals surface area (Å²) in [5, 5.41) is 9.44. The van der Waals surface area contributed by atoms with E-state index < -0.39 is 0 Å². The van der Waals surface area contributed by atoms with Crippen LogP contribution in [0.2, 0.25) is 0 Å². The van der Waals surface area contributed by atoms with Crippen molar-refractivity contribution in [1.29, 1.82) is 0 Å². The van der Waals surface area contributed by atoms with Gasteiger partial charge >= 0.3 is 0 Å². The number of aromatic amines is 1. The third-order valence-electron chi connectivity index (χ3n) is 4.16. The highest BCUT2D eigenvalue weighted by Crippen LogP contribution is 2.28. The molecule has 0 saturated carbocycles. The van der Waals surface area contributed by atoms with Gasteiger partial charge in [0.05, 0.1) is 41.0 Å². The molecule has 4 rings (SSSR count). The molecule has 1 atom stereocenters. The predicted molar refractivity (Wildman–Crippen MR) is 92.6 cm³/mol. The van der Waals surface area contributed by atoms with Gasteiger partial charge in [0.1, 0.15) is 6.10 Å². The SMILES string of the molecule is Cc1cnc(C2CN(Cc3cn[nH]c3-c3cccs3)CCO2)cn1. The maximum atomic E-state index is 5.89. The summed E-state index contributed by atoms with van der Waals surface area (Å²) in [6.45, 7) is 5.21. The second-order valence-corrected chi connectivity index (χ2v) is 6.87. The first-order chi connectivity index (χ1) is 11.8. The fourth-order valence-corrected chi connectivity index (χ4v) is 3.66. The fraction of sp³-hybridized carbons (Fsp3) is 0.353. The average molecular weight is 341 g/mol. The zero-order chi connectivity index (χ0) is 16.4. The van der Waals surface area contributed by atoms with Gasteiger partial charge in [-0.2, -0.15) is 5.10 Å². The summed E-state index contributed by atoms with van der Waals surface area (Å²) in [6, 6.07) is 4.18. The van der Waals surface area contributed by atoms with E-state index in [0.717, 1.165) is 36.7 Å². The molecular weight excluding hydrogens is 322 g/mol. The molecule has 1 saturated heterocycles. The third-order valence-corrected chi connectivity index (χ3v) is 5.05. The second kappa shape index (κ2) is 6.80. The first kappa shape index (κ1) is 15.4. The maximum absolute atomic E-state index is 5.89. The maximum Gasteiger partial charge on any atom is 0.114 e. The van der Waals surface area contributed by atoms with Gasteiger partial charge in [-0.1, -0.05) is 6.07 Å². The molecular formula is C17H19N5OS. The summed E-state index contributed by atoms with van der Waals surface area (Å²) in [4.78, 5) is 12.4. The van der Waals surface area contributed by atoms with Gasteiger partial charge < -0.3 is 4.74 Å². The number of hydrogen-bond acceptors (Lipinski definition) is 6. The number of rotatable bonds is 4. The second-order valence-electron chi connectivity index (χ2n) is 5.92. The highest BCUT2D eigenvalue weighted by Gasteiger charge is 2.24. The lowest BCUT2D eigenvalue weighted by Gasteiger charge is -2.32. The van der Waals surface area contributed by atoms with Crippen molar-refractivity contribution in [3.05, 3.63) is 53.1 Å². The van der Waals surface area contributed by atoms with Crippen LogP contribution in [0.4, 0.5) is 0 Å². The molecule has 24 heavy (non-hydrogen) atoms. The number of thiophene rings is 1. The third kappa shape index (κ3) is 3.24. The van der Waals surface area contributed by atoms with Crippen molar-refractivity contribution in [2.45, 2.75) is 19.6 Å². The topological polar surface area (TPSA) is 66.9 Å². The highest BCUT2D eigenvalue weighted by atomic mass is 32.1. The molecule has 1 unspecified atom stereocenters. The van der Waals surface area contributed by atoms with Gasteiger partial charge in [0.2, 0.25) is 0 Å². The van der Waals surface area contributed by atoms with Crippen molar-refractivity contribution >= 4 is 11.3 Å². The van der Waals surface area contributed by atoms with Gasteiger partial charge in [0, 0.05) is 31.4 Å². The number of nitrogens with one attached hydrogen (secondary N) is 1. The van der Waals surface area contributed by atoms with Crippen molar-refractivity contribution in [2.24, 2.45) is 0 Å². The Labute approximate surface area is 144 Å². The minimum absolute atomic E-state index is 0.0241. The van der Waals surface area contributed by atoms with Crippen LogP contribution in [0, 0.1) is 6.92 Å². The number of nitrogens with zero attached hydrogens (tertiary/aromatic N) is 4. The Hall–Kier alpha value is -2.09. The standard InChI is InChI=1S/C17H19N5OS/c1-12-7-19-14(9-18-12)15-11-22(4-5-23-15)10-13-8-20-21-17(13)16-3-2-6-24-16/h2-3,6-9,15H,4-5,10-11H2,1H3,(H,20,21). The molecule has 3 aromatic rings. The Bertz CT molecular complexity index is 784. The zero-order valence-electron chi connectivity index (χ0n) is 13.5. The van der Waals surface area contributed by atoms with Crippen LogP contribution in [-0.4, -0.2) is 44.8 Å². The van der Waals surface area contributed by atoms with Crippen LogP contribution in [0.5, 0.6) is 0 Å². The van der Waals surface area contributed by atoms with Crippen LogP contribution in [0.15, 0.2) is 36.1 Å². The molecule has 7 heteroatoms. The molecule has 1 N–H and O–H groups in total. The molecule has 124 valence electrons. The van der Waals surface area contributed by atoms with Crippen molar-refractivity contribution in [3.8, 4) is 10.6 Å². The lowest BCUT2D eigenvalue weighted by molar-refractivity contribution is -0.0351. The van der Waals surface area contributed by atoms with Gasteiger partial charge in [0.15, 0.2) is 0 Å². The molecule has 4 heterocycles. The van der Waals surface area contributed by atoms with E-state index in [1.54, 1.807) is 17.5 Å². The van der Waals surface area contributed by atoms with E-state index in [0.29, 0.717) is 6.61 Å². The number of hydrogen-bond donors (Lipinski definition) is 1. The molecule has 1 fully saturated rings. The Kier molecular flexibility index (Phi) is 4.38. The smallest absolute Gasteiger partial charge is 0.114 e. The van der Waals surface area contributed by atoms with Gasteiger partial charge in [-0.05, 0) is 18.4 Å². The van der Waals surface area contributed by atoms with Gasteiger partial charge in [-0.3, -0.25) is 20.0 Å². The lowest BCUT2D eigenvalue weighted by atomic mass is 10.1. The van der Waals surface area contributed by atoms with E-state index in [-0.39, 0.29) is 6.10 Å². The molecule has 1 aliphatic heterocycles. The van der Waals surface area contributed by atoms with Crippen molar-refractivity contribution in [2.75, 3.05) is 19.7 Å². The van der Waals surface area contributed by atoms with Crippen LogP contribution in [0.1, 0.15) is 23.1 Å². The summed E-state index contributed by atoms with van der Waals surface area (Å²) in [7, 11) is 0. The molecule has 0 bridgehead atoms.